The van der Waals surface area contributed by atoms with E-state index in [4.69, 9.17) is 7.85 Å². The molecule has 0 spiro atoms. The number of nitrogens with one attached hydrogen (secondary N) is 1. The van der Waals surface area contributed by atoms with Gasteiger partial charge in [-0.1, -0.05) is 0 Å². The van der Waals surface area contributed by atoms with E-state index in [0.717, 1.165) is 11.0 Å². The van der Waals surface area contributed by atoms with Gasteiger partial charge in [0, 0.05) is 0 Å². The van der Waals surface area contributed by atoms with Crippen LogP contribution in [-0.2, 0) is 7.05 Å². The number of rotatable bonds is 0. The zero-order valence-electron chi connectivity index (χ0n) is 6.63. The highest BCUT2D eigenvalue weighted by Gasteiger charge is 2.11. The molecule has 0 amide bonds. The molecule has 0 unspecified atom stereocenters. The molecule has 2 nitrogen and oxygen atoms in total. The Morgan fingerprint density at radius 2 is 2.33 bits per heavy atom. The van der Waals surface area contributed by atoms with Crippen molar-refractivity contribution in [1.82, 2.24) is 4.98 Å². The fourth-order valence-corrected chi connectivity index (χ4v) is 1.30. The highest BCUT2D eigenvalue weighted by atomic mass is 19.1. The molecular weight excluding hydrogens is 154 g/mol. The predicted molar refractivity (Wildman–Crippen MR) is 44.8 cm³/mol. The van der Waals surface area contributed by atoms with E-state index in [1.54, 1.807) is 19.3 Å². The Hall–Kier alpha value is -1.32. The Morgan fingerprint density at radius 1 is 1.58 bits per heavy atom. The van der Waals surface area contributed by atoms with Crippen molar-refractivity contribution in [2.45, 2.75) is 0 Å². The molecular formula is C8H7BFN2+. The van der Waals surface area contributed by atoms with E-state index in [-0.39, 0.29) is 5.46 Å². The van der Waals surface area contributed by atoms with Crippen molar-refractivity contribution in [3.05, 3.63) is 24.3 Å². The molecule has 58 valence electrons. The Kier molecular flexibility index (Phi) is 1.43. The summed E-state index contributed by atoms with van der Waals surface area (Å²) in [5, 5.41) is 0.913. The first-order chi connectivity index (χ1) is 5.70. The van der Waals surface area contributed by atoms with E-state index in [9.17, 15) is 4.39 Å². The van der Waals surface area contributed by atoms with E-state index < -0.39 is 5.95 Å². The van der Waals surface area contributed by atoms with E-state index in [2.05, 4.69) is 4.98 Å². The third-order valence-corrected chi connectivity index (χ3v) is 1.94. The summed E-state index contributed by atoms with van der Waals surface area (Å²) in [6, 6.07) is 3.46. The lowest BCUT2D eigenvalue weighted by Gasteiger charge is -1.98. The van der Waals surface area contributed by atoms with Crippen LogP contribution in [0.1, 0.15) is 0 Å². The van der Waals surface area contributed by atoms with Gasteiger partial charge in [0.25, 0.3) is 11.6 Å². The molecule has 2 rings (SSSR count). The molecule has 0 aliphatic heterocycles. The molecule has 0 saturated carbocycles. The Balaban J connectivity index is 2.94. The largest absolute Gasteiger partial charge is 0.288 e. The SMILES string of the molecule is [B]c1cc2cc[nH]c2[n+](C)c1F. The summed E-state index contributed by atoms with van der Waals surface area (Å²) < 4.78 is 14.5. The fourth-order valence-electron chi connectivity index (χ4n) is 1.30. The maximum Gasteiger partial charge on any atom is 0.288 e. The molecule has 0 aliphatic rings. The standard InChI is InChI=1S/C8H6BFN2/c1-12-7(10)6(9)4-5-2-3-11-8(5)12/h2-4H,1H3/p+1. The minimum Gasteiger partial charge on any atom is -0.247 e. The molecule has 0 aromatic carbocycles. The highest BCUT2D eigenvalue weighted by molar-refractivity contribution is 6.32. The zero-order valence-corrected chi connectivity index (χ0v) is 6.63. The lowest BCUT2D eigenvalue weighted by Crippen LogP contribution is -2.40. The van der Waals surface area contributed by atoms with Crippen molar-refractivity contribution in [3.8, 4) is 0 Å². The second-order valence-corrected chi connectivity index (χ2v) is 2.73. The zero-order chi connectivity index (χ0) is 8.72. The molecule has 0 fully saturated rings. The van der Waals surface area contributed by atoms with Gasteiger partial charge in [-0.05, 0) is 17.6 Å². The molecule has 4 heteroatoms. The van der Waals surface area contributed by atoms with Gasteiger partial charge in [-0.15, -0.1) is 0 Å². The first kappa shape index (κ1) is 7.34. The normalized spacial score (nSPS) is 10.8. The molecule has 2 radical (unpaired) electrons. The minimum absolute atomic E-state index is 0.171. The third kappa shape index (κ3) is 0.842. The van der Waals surface area contributed by atoms with Gasteiger partial charge >= 0.3 is 0 Å². The van der Waals surface area contributed by atoms with Gasteiger partial charge < -0.3 is 0 Å². The van der Waals surface area contributed by atoms with Crippen molar-refractivity contribution in [3.63, 3.8) is 0 Å². The molecule has 0 atom stereocenters. The van der Waals surface area contributed by atoms with Gasteiger partial charge in [-0.3, -0.25) is 0 Å². The van der Waals surface area contributed by atoms with E-state index in [0.29, 0.717) is 0 Å². The van der Waals surface area contributed by atoms with Crippen LogP contribution in [0.3, 0.4) is 0 Å². The number of pyridine rings is 1. The number of aromatic nitrogens is 2. The Labute approximate surface area is 70.4 Å². The van der Waals surface area contributed by atoms with Crippen molar-refractivity contribution in [2.24, 2.45) is 7.05 Å². The van der Waals surface area contributed by atoms with Crippen LogP contribution in [0.2, 0.25) is 0 Å². The van der Waals surface area contributed by atoms with Gasteiger partial charge in [0.05, 0.1) is 18.6 Å². The second kappa shape index (κ2) is 2.34. The van der Waals surface area contributed by atoms with Crippen molar-refractivity contribution < 1.29 is 8.96 Å². The number of nitrogens with zero attached hydrogens (tertiary/aromatic N) is 1. The number of aromatic amines is 1. The summed E-state index contributed by atoms with van der Waals surface area (Å²) in [5.74, 6) is -0.412. The minimum atomic E-state index is -0.412. The number of halogens is 1. The van der Waals surface area contributed by atoms with Crippen LogP contribution in [0.15, 0.2) is 18.3 Å². The number of aryl methyl sites for hydroxylation is 1. The predicted octanol–water partition coefficient (Wildman–Crippen LogP) is -0.0747. The van der Waals surface area contributed by atoms with Gasteiger partial charge in [0.1, 0.15) is 7.85 Å². The Morgan fingerprint density at radius 3 is 3.08 bits per heavy atom. The van der Waals surface area contributed by atoms with Crippen molar-refractivity contribution >= 4 is 24.3 Å². The molecule has 0 bridgehead atoms. The molecule has 1 N–H and O–H groups in total. The average Bonchev–Trinajstić information content (AvgIpc) is 2.48. The van der Waals surface area contributed by atoms with E-state index in [1.807, 2.05) is 6.07 Å². The van der Waals surface area contributed by atoms with E-state index >= 15 is 0 Å². The van der Waals surface area contributed by atoms with Crippen molar-refractivity contribution in [1.29, 1.82) is 0 Å². The average molecular weight is 161 g/mol. The van der Waals surface area contributed by atoms with Crippen LogP contribution in [0.5, 0.6) is 0 Å². The lowest BCUT2D eigenvalue weighted by molar-refractivity contribution is -0.675. The number of fused-ring (bicyclic) bond motifs is 1. The maximum atomic E-state index is 13.2. The number of H-pyrrole nitrogens is 1. The van der Waals surface area contributed by atoms with Crippen molar-refractivity contribution in [2.75, 3.05) is 0 Å². The van der Waals surface area contributed by atoms with Crippen LogP contribution in [-0.4, -0.2) is 12.8 Å². The van der Waals surface area contributed by atoms with Gasteiger partial charge in [0.2, 0.25) is 0 Å². The van der Waals surface area contributed by atoms with Gasteiger partial charge in [-0.2, -0.15) is 4.39 Å². The van der Waals surface area contributed by atoms with Crippen LogP contribution in [0.25, 0.3) is 11.0 Å². The number of hydrogen-bond donors (Lipinski definition) is 1. The van der Waals surface area contributed by atoms with Crippen LogP contribution >= 0.6 is 0 Å². The summed E-state index contributed by atoms with van der Waals surface area (Å²) in [5.41, 5.74) is 0.909. The Bertz CT molecular complexity index is 436. The molecule has 0 aliphatic carbocycles. The van der Waals surface area contributed by atoms with Gasteiger partial charge in [-0.25, -0.2) is 9.55 Å². The quantitative estimate of drug-likeness (QED) is 0.317. The van der Waals surface area contributed by atoms with Crippen LogP contribution in [0, 0.1) is 5.95 Å². The molecule has 12 heavy (non-hydrogen) atoms. The summed E-state index contributed by atoms with van der Waals surface area (Å²) in [7, 11) is 7.07. The third-order valence-electron chi connectivity index (χ3n) is 1.94. The summed E-state index contributed by atoms with van der Waals surface area (Å²) in [4.78, 5) is 2.92. The highest BCUT2D eigenvalue weighted by Crippen LogP contribution is 2.05. The fraction of sp³-hybridized carbons (Fsp3) is 0.125. The molecule has 2 heterocycles. The second-order valence-electron chi connectivity index (χ2n) is 2.73. The van der Waals surface area contributed by atoms with Crippen LogP contribution in [0.4, 0.5) is 4.39 Å². The molecule has 0 saturated heterocycles. The first-order valence-corrected chi connectivity index (χ1v) is 3.61. The molecule has 2 aromatic rings. The number of hydrogen-bond acceptors (Lipinski definition) is 0. The maximum absolute atomic E-state index is 13.2. The van der Waals surface area contributed by atoms with Crippen LogP contribution < -0.4 is 10.0 Å². The lowest BCUT2D eigenvalue weighted by atomic mass is 9.97. The smallest absolute Gasteiger partial charge is 0.247 e. The first-order valence-electron chi connectivity index (χ1n) is 3.61. The topological polar surface area (TPSA) is 19.7 Å². The summed E-state index contributed by atoms with van der Waals surface area (Å²) in [6.07, 6.45) is 1.75. The summed E-state index contributed by atoms with van der Waals surface area (Å²) >= 11 is 0. The monoisotopic (exact) mass is 161 g/mol. The van der Waals surface area contributed by atoms with Gasteiger partial charge in [0.15, 0.2) is 0 Å². The summed E-state index contributed by atoms with van der Waals surface area (Å²) in [6.45, 7) is 0. The molecule has 2 aromatic heterocycles. The van der Waals surface area contributed by atoms with E-state index in [1.165, 1.54) is 4.57 Å².